The van der Waals surface area contributed by atoms with Gasteiger partial charge in [-0.3, -0.25) is 4.79 Å². The van der Waals surface area contributed by atoms with E-state index in [4.69, 9.17) is 0 Å². The predicted octanol–water partition coefficient (Wildman–Crippen LogP) is 5.35. The minimum absolute atomic E-state index is 0.0650. The van der Waals surface area contributed by atoms with E-state index in [1.807, 2.05) is 12.1 Å². The van der Waals surface area contributed by atoms with Gasteiger partial charge in [0.1, 0.15) is 11.6 Å². The zero-order valence-corrected chi connectivity index (χ0v) is 16.7. The van der Waals surface area contributed by atoms with Crippen molar-refractivity contribution in [3.63, 3.8) is 0 Å². The summed E-state index contributed by atoms with van der Waals surface area (Å²) in [5.41, 5.74) is 1.61. The number of carboxylic acid groups (broad SMARTS) is 1. The molecule has 1 amide bonds. The lowest BCUT2D eigenvalue weighted by atomic mass is 9.86. The number of aromatic carboxylic acids is 1. The molecule has 0 atom stereocenters. The van der Waals surface area contributed by atoms with Crippen molar-refractivity contribution in [2.75, 3.05) is 13.1 Å². The Labute approximate surface area is 178 Å². The first-order valence-corrected chi connectivity index (χ1v) is 10.1. The molecule has 0 radical (unpaired) electrons. The van der Waals surface area contributed by atoms with Crippen LogP contribution in [-0.4, -0.2) is 35.0 Å². The van der Waals surface area contributed by atoms with Crippen LogP contribution in [0.2, 0.25) is 0 Å². The number of rotatable bonds is 4. The number of carboxylic acids is 1. The van der Waals surface area contributed by atoms with E-state index in [-0.39, 0.29) is 17.4 Å². The Morgan fingerprint density at radius 1 is 0.871 bits per heavy atom. The van der Waals surface area contributed by atoms with Crippen LogP contribution < -0.4 is 0 Å². The van der Waals surface area contributed by atoms with Gasteiger partial charge in [0.15, 0.2) is 0 Å². The summed E-state index contributed by atoms with van der Waals surface area (Å²) < 4.78 is 28.3. The number of carbonyl (C=O) groups excluding carboxylic acids is 1. The Balaban J connectivity index is 1.51. The van der Waals surface area contributed by atoms with Gasteiger partial charge in [0.05, 0.1) is 11.1 Å². The molecule has 0 unspecified atom stereocenters. The first-order chi connectivity index (χ1) is 15.0. The number of hydrogen-bond acceptors (Lipinski definition) is 2. The maximum Gasteiger partial charge on any atom is 0.335 e. The molecule has 0 bridgehead atoms. The van der Waals surface area contributed by atoms with Crippen molar-refractivity contribution in [1.29, 1.82) is 0 Å². The van der Waals surface area contributed by atoms with Crippen LogP contribution >= 0.6 is 0 Å². The van der Waals surface area contributed by atoms with Gasteiger partial charge < -0.3 is 10.0 Å². The average Bonchev–Trinajstić information content (AvgIpc) is 2.79. The highest BCUT2D eigenvalue weighted by atomic mass is 19.1. The van der Waals surface area contributed by atoms with Gasteiger partial charge in [-0.25, -0.2) is 13.6 Å². The van der Waals surface area contributed by atoms with E-state index in [0.29, 0.717) is 42.6 Å². The number of nitrogens with zero attached hydrogens (tertiary/aromatic N) is 1. The third kappa shape index (κ3) is 4.19. The maximum absolute atomic E-state index is 14.1. The zero-order valence-electron chi connectivity index (χ0n) is 16.7. The monoisotopic (exact) mass is 421 g/mol. The number of hydrogen-bond donors (Lipinski definition) is 1. The number of piperidine rings is 1. The predicted molar refractivity (Wildman–Crippen MR) is 113 cm³/mol. The molecular formula is C25H21F2NO3. The molecule has 4 nitrogen and oxygen atoms in total. The summed E-state index contributed by atoms with van der Waals surface area (Å²) in [7, 11) is 0. The molecule has 1 fully saturated rings. The van der Waals surface area contributed by atoms with Crippen LogP contribution in [0.1, 0.15) is 45.0 Å². The third-order valence-corrected chi connectivity index (χ3v) is 5.77. The number of carbonyl (C=O) groups is 2. The molecule has 1 aliphatic rings. The van der Waals surface area contributed by atoms with E-state index in [9.17, 15) is 23.5 Å². The van der Waals surface area contributed by atoms with Gasteiger partial charge in [-0.15, -0.1) is 0 Å². The van der Waals surface area contributed by atoms with Crippen LogP contribution in [0.25, 0.3) is 11.1 Å². The second-order valence-electron chi connectivity index (χ2n) is 7.64. The third-order valence-electron chi connectivity index (χ3n) is 5.77. The fraction of sp³-hybridized carbons (Fsp3) is 0.200. The van der Waals surface area contributed by atoms with Crippen molar-refractivity contribution >= 4 is 11.9 Å². The van der Waals surface area contributed by atoms with E-state index < -0.39 is 17.6 Å². The standard InChI is InChI=1S/C25H21F2NO3/c26-21-9-4-10-22(27)23(21)17-5-3-6-18(15-17)24(29)28-13-11-16(12-14-28)19-7-1-2-8-20(19)25(30)31/h1-10,15-16H,11-14H2,(H,30,31). The maximum atomic E-state index is 14.1. The largest absolute Gasteiger partial charge is 0.478 e. The summed E-state index contributed by atoms with van der Waals surface area (Å²) in [6, 6.07) is 17.0. The van der Waals surface area contributed by atoms with Gasteiger partial charge in [-0.05, 0) is 60.2 Å². The van der Waals surface area contributed by atoms with Crippen LogP contribution in [0.5, 0.6) is 0 Å². The van der Waals surface area contributed by atoms with E-state index in [1.54, 1.807) is 35.2 Å². The molecule has 1 N–H and O–H groups in total. The van der Waals surface area contributed by atoms with Crippen LogP contribution in [0.3, 0.4) is 0 Å². The molecule has 1 aliphatic heterocycles. The van der Waals surface area contributed by atoms with Crippen LogP contribution in [0, 0.1) is 11.6 Å². The van der Waals surface area contributed by atoms with Crippen LogP contribution in [-0.2, 0) is 0 Å². The number of likely N-dealkylation sites (tertiary alicyclic amines) is 1. The second-order valence-corrected chi connectivity index (χ2v) is 7.64. The molecule has 6 heteroatoms. The van der Waals surface area contributed by atoms with Crippen molar-refractivity contribution in [3.05, 3.63) is 95.1 Å². The Hall–Kier alpha value is -3.54. The molecule has 0 aliphatic carbocycles. The quantitative estimate of drug-likeness (QED) is 0.618. The average molecular weight is 421 g/mol. The van der Waals surface area contributed by atoms with Crippen LogP contribution in [0.15, 0.2) is 66.7 Å². The van der Waals surface area contributed by atoms with Crippen LogP contribution in [0.4, 0.5) is 8.78 Å². The summed E-state index contributed by atoms with van der Waals surface area (Å²) in [6.45, 7) is 0.964. The van der Waals surface area contributed by atoms with Crippen molar-refractivity contribution in [1.82, 2.24) is 4.90 Å². The van der Waals surface area contributed by atoms with Gasteiger partial charge in [0, 0.05) is 18.7 Å². The summed E-state index contributed by atoms with van der Waals surface area (Å²) in [5, 5.41) is 9.43. The smallest absolute Gasteiger partial charge is 0.335 e. The summed E-state index contributed by atoms with van der Waals surface area (Å²) in [6.07, 6.45) is 1.30. The zero-order chi connectivity index (χ0) is 22.0. The summed E-state index contributed by atoms with van der Waals surface area (Å²) >= 11 is 0. The van der Waals surface area contributed by atoms with Crippen molar-refractivity contribution in [2.45, 2.75) is 18.8 Å². The fourth-order valence-corrected chi connectivity index (χ4v) is 4.21. The molecule has 31 heavy (non-hydrogen) atoms. The first-order valence-electron chi connectivity index (χ1n) is 10.1. The molecule has 0 aromatic heterocycles. The first kappa shape index (κ1) is 20.7. The SMILES string of the molecule is O=C(O)c1ccccc1C1CCN(C(=O)c2cccc(-c3c(F)cccc3F)c2)CC1. The second kappa shape index (κ2) is 8.68. The lowest BCUT2D eigenvalue weighted by Gasteiger charge is -2.33. The topological polar surface area (TPSA) is 57.6 Å². The van der Waals surface area contributed by atoms with Crippen molar-refractivity contribution in [2.24, 2.45) is 0 Å². The van der Waals surface area contributed by atoms with E-state index in [2.05, 4.69) is 0 Å². The molecule has 0 saturated carbocycles. The van der Waals surface area contributed by atoms with Crippen molar-refractivity contribution in [3.8, 4) is 11.1 Å². The number of benzene rings is 3. The van der Waals surface area contributed by atoms with E-state index in [0.717, 1.165) is 5.56 Å². The molecule has 158 valence electrons. The number of halogens is 2. The van der Waals surface area contributed by atoms with Gasteiger partial charge in [-0.1, -0.05) is 36.4 Å². The Kier molecular flexibility index (Phi) is 5.80. The molecule has 3 aromatic carbocycles. The lowest BCUT2D eigenvalue weighted by molar-refractivity contribution is 0.0680. The lowest BCUT2D eigenvalue weighted by Crippen LogP contribution is -2.38. The molecule has 1 saturated heterocycles. The molecule has 4 rings (SSSR count). The fourth-order valence-electron chi connectivity index (χ4n) is 4.21. The Morgan fingerprint density at radius 2 is 1.52 bits per heavy atom. The van der Waals surface area contributed by atoms with E-state index in [1.165, 1.54) is 24.3 Å². The highest BCUT2D eigenvalue weighted by Gasteiger charge is 2.27. The van der Waals surface area contributed by atoms with Gasteiger partial charge in [-0.2, -0.15) is 0 Å². The Bertz CT molecular complexity index is 1120. The Morgan fingerprint density at radius 3 is 2.19 bits per heavy atom. The minimum atomic E-state index is -0.953. The highest BCUT2D eigenvalue weighted by molar-refractivity contribution is 5.95. The van der Waals surface area contributed by atoms with Crippen molar-refractivity contribution < 1.29 is 23.5 Å². The van der Waals surface area contributed by atoms with Gasteiger partial charge >= 0.3 is 5.97 Å². The minimum Gasteiger partial charge on any atom is -0.478 e. The van der Waals surface area contributed by atoms with Gasteiger partial charge in [0.25, 0.3) is 5.91 Å². The molecule has 0 spiro atoms. The molecule has 1 heterocycles. The van der Waals surface area contributed by atoms with Gasteiger partial charge in [0.2, 0.25) is 0 Å². The summed E-state index contributed by atoms with van der Waals surface area (Å²) in [5.74, 6) is -2.45. The molecule has 3 aromatic rings. The summed E-state index contributed by atoms with van der Waals surface area (Å²) in [4.78, 5) is 26.2. The number of amides is 1. The highest BCUT2D eigenvalue weighted by Crippen LogP contribution is 2.32. The normalized spacial score (nSPS) is 14.5. The molecular weight excluding hydrogens is 400 g/mol. The van der Waals surface area contributed by atoms with E-state index >= 15 is 0 Å².